The Morgan fingerprint density at radius 3 is 2.81 bits per heavy atom. The molecule has 3 aromatic rings. The smallest absolute Gasteiger partial charge is 0.339 e. The summed E-state index contributed by atoms with van der Waals surface area (Å²) < 4.78 is 1.46. The van der Waals surface area contributed by atoms with Crippen molar-refractivity contribution < 1.29 is 9.90 Å². The zero-order chi connectivity index (χ0) is 14.8. The van der Waals surface area contributed by atoms with Crippen LogP contribution < -0.4 is 0 Å². The molecule has 1 N–H and O–H groups in total. The van der Waals surface area contributed by atoms with Crippen LogP contribution in [0.2, 0.25) is 5.02 Å². The molecule has 21 heavy (non-hydrogen) atoms. The first-order valence-electron chi connectivity index (χ1n) is 6.00. The molecule has 0 atom stereocenters. The van der Waals surface area contributed by atoms with Crippen LogP contribution in [0.1, 0.15) is 10.4 Å². The maximum Gasteiger partial charge on any atom is 0.339 e. The third-order valence-corrected chi connectivity index (χ3v) is 3.06. The molecule has 0 bridgehead atoms. The quantitative estimate of drug-likeness (QED) is 0.804. The largest absolute Gasteiger partial charge is 0.478 e. The van der Waals surface area contributed by atoms with E-state index in [4.69, 9.17) is 11.6 Å². The van der Waals surface area contributed by atoms with Gasteiger partial charge in [-0.05, 0) is 18.2 Å². The van der Waals surface area contributed by atoms with Crippen LogP contribution in [0.25, 0.3) is 17.1 Å². The van der Waals surface area contributed by atoms with E-state index in [1.165, 1.54) is 29.5 Å². The summed E-state index contributed by atoms with van der Waals surface area (Å²) in [6.07, 6.45) is 5.90. The van der Waals surface area contributed by atoms with Gasteiger partial charge in [0.1, 0.15) is 17.0 Å². The predicted octanol–water partition coefficient (Wildman–Crippen LogP) is 2.68. The fourth-order valence-corrected chi connectivity index (χ4v) is 2.08. The van der Waals surface area contributed by atoms with E-state index in [1.54, 1.807) is 24.3 Å². The number of hydrogen-bond donors (Lipinski definition) is 1. The maximum atomic E-state index is 11.4. The Balaban J connectivity index is 2.15. The molecular formula is C14H9ClN4O2. The number of aromatic carboxylic acids is 1. The highest BCUT2D eigenvalue weighted by Gasteiger charge is 2.18. The standard InChI is InChI=1S/C14H9ClN4O2/c15-9-2-1-3-10(6-9)19-8-11(14(20)21)13(18-19)12-7-16-4-5-17-12/h1-8H,(H,20,21). The van der Waals surface area contributed by atoms with Crippen LogP contribution in [0.15, 0.2) is 49.1 Å². The fraction of sp³-hybridized carbons (Fsp3) is 0. The van der Waals surface area contributed by atoms with Crippen LogP contribution in [0.4, 0.5) is 0 Å². The molecule has 3 rings (SSSR count). The summed E-state index contributed by atoms with van der Waals surface area (Å²) in [5.41, 5.74) is 1.38. The predicted molar refractivity (Wildman–Crippen MR) is 76.6 cm³/mol. The van der Waals surface area contributed by atoms with Crippen molar-refractivity contribution >= 4 is 17.6 Å². The fourth-order valence-electron chi connectivity index (χ4n) is 1.89. The first kappa shape index (κ1) is 13.3. The number of aromatic nitrogens is 4. The van der Waals surface area contributed by atoms with Crippen LogP contribution in [0.5, 0.6) is 0 Å². The molecule has 0 unspecified atom stereocenters. The molecule has 0 spiro atoms. The Bertz CT molecular complexity index is 802. The average molecular weight is 301 g/mol. The van der Waals surface area contributed by atoms with Crippen molar-refractivity contribution in [2.24, 2.45) is 0 Å². The summed E-state index contributed by atoms with van der Waals surface area (Å²) in [7, 11) is 0. The number of halogens is 1. The van der Waals surface area contributed by atoms with Gasteiger partial charge >= 0.3 is 5.97 Å². The summed E-state index contributed by atoms with van der Waals surface area (Å²) in [6.45, 7) is 0. The minimum absolute atomic E-state index is 0.0514. The molecule has 2 aromatic heterocycles. The van der Waals surface area contributed by atoms with Gasteiger partial charge in [-0.25, -0.2) is 9.48 Å². The highest BCUT2D eigenvalue weighted by Crippen LogP contribution is 2.22. The van der Waals surface area contributed by atoms with E-state index >= 15 is 0 Å². The summed E-state index contributed by atoms with van der Waals surface area (Å²) in [6, 6.07) is 6.98. The normalized spacial score (nSPS) is 10.5. The number of carboxylic acid groups (broad SMARTS) is 1. The van der Waals surface area contributed by atoms with Gasteiger partial charge in [0, 0.05) is 23.6 Å². The Labute approximate surface area is 124 Å². The van der Waals surface area contributed by atoms with E-state index in [1.807, 2.05) is 0 Å². The molecule has 0 fully saturated rings. The third-order valence-electron chi connectivity index (χ3n) is 2.82. The summed E-state index contributed by atoms with van der Waals surface area (Å²) in [5.74, 6) is -1.08. The van der Waals surface area contributed by atoms with E-state index < -0.39 is 5.97 Å². The lowest BCUT2D eigenvalue weighted by Crippen LogP contribution is -1.97. The van der Waals surface area contributed by atoms with E-state index in [2.05, 4.69) is 15.1 Å². The van der Waals surface area contributed by atoms with Crippen LogP contribution in [0.3, 0.4) is 0 Å². The van der Waals surface area contributed by atoms with Crippen molar-refractivity contribution in [2.45, 2.75) is 0 Å². The van der Waals surface area contributed by atoms with E-state index in [-0.39, 0.29) is 11.3 Å². The zero-order valence-electron chi connectivity index (χ0n) is 10.6. The van der Waals surface area contributed by atoms with Crippen LogP contribution in [-0.4, -0.2) is 30.8 Å². The number of rotatable bonds is 3. The SMILES string of the molecule is O=C(O)c1cn(-c2cccc(Cl)c2)nc1-c1cnccn1. The van der Waals surface area contributed by atoms with Crippen LogP contribution in [-0.2, 0) is 0 Å². The van der Waals surface area contributed by atoms with Gasteiger partial charge in [-0.3, -0.25) is 9.97 Å². The molecular weight excluding hydrogens is 292 g/mol. The molecule has 104 valence electrons. The third kappa shape index (κ3) is 2.61. The van der Waals surface area contributed by atoms with Gasteiger partial charge in [-0.15, -0.1) is 0 Å². The lowest BCUT2D eigenvalue weighted by atomic mass is 10.2. The number of nitrogens with zero attached hydrogens (tertiary/aromatic N) is 4. The monoisotopic (exact) mass is 300 g/mol. The van der Waals surface area contributed by atoms with Gasteiger partial charge in [0.15, 0.2) is 0 Å². The topological polar surface area (TPSA) is 80.9 Å². The van der Waals surface area contributed by atoms with Crippen molar-refractivity contribution in [1.82, 2.24) is 19.7 Å². The van der Waals surface area contributed by atoms with Crippen molar-refractivity contribution in [3.63, 3.8) is 0 Å². The van der Waals surface area contributed by atoms with Gasteiger partial charge in [0.05, 0.1) is 11.9 Å². The zero-order valence-corrected chi connectivity index (χ0v) is 11.4. The second-order valence-electron chi connectivity index (χ2n) is 4.21. The Morgan fingerprint density at radius 2 is 2.14 bits per heavy atom. The Kier molecular flexibility index (Phi) is 3.37. The van der Waals surface area contributed by atoms with Crippen molar-refractivity contribution in [2.75, 3.05) is 0 Å². The lowest BCUT2D eigenvalue weighted by Gasteiger charge is -2.01. The second-order valence-corrected chi connectivity index (χ2v) is 4.65. The first-order chi connectivity index (χ1) is 10.1. The van der Waals surface area contributed by atoms with Crippen LogP contribution in [0, 0.1) is 0 Å². The molecule has 0 saturated carbocycles. The van der Waals surface area contributed by atoms with Gasteiger partial charge in [0.2, 0.25) is 0 Å². The summed E-state index contributed by atoms with van der Waals surface area (Å²) in [4.78, 5) is 19.4. The number of carboxylic acids is 1. The number of carbonyl (C=O) groups is 1. The minimum atomic E-state index is -1.08. The molecule has 0 amide bonds. The van der Waals surface area contributed by atoms with Crippen LogP contribution >= 0.6 is 11.6 Å². The van der Waals surface area contributed by atoms with Gasteiger partial charge < -0.3 is 5.11 Å². The Morgan fingerprint density at radius 1 is 1.29 bits per heavy atom. The second kappa shape index (κ2) is 5.34. The molecule has 0 saturated heterocycles. The van der Waals surface area contributed by atoms with Crippen molar-refractivity contribution in [3.8, 4) is 17.1 Å². The van der Waals surface area contributed by atoms with Gasteiger partial charge in [-0.2, -0.15) is 5.10 Å². The molecule has 0 aliphatic heterocycles. The maximum absolute atomic E-state index is 11.4. The Hall–Kier alpha value is -2.73. The highest BCUT2D eigenvalue weighted by molar-refractivity contribution is 6.30. The lowest BCUT2D eigenvalue weighted by molar-refractivity contribution is 0.0697. The summed E-state index contributed by atoms with van der Waals surface area (Å²) in [5, 5.41) is 14.1. The van der Waals surface area contributed by atoms with Crippen molar-refractivity contribution in [1.29, 1.82) is 0 Å². The van der Waals surface area contributed by atoms with E-state index in [0.717, 1.165) is 0 Å². The first-order valence-corrected chi connectivity index (χ1v) is 6.38. The van der Waals surface area contributed by atoms with Gasteiger partial charge in [-0.1, -0.05) is 17.7 Å². The molecule has 6 nitrogen and oxygen atoms in total. The van der Waals surface area contributed by atoms with E-state index in [0.29, 0.717) is 16.4 Å². The molecule has 0 aliphatic rings. The molecule has 0 aliphatic carbocycles. The van der Waals surface area contributed by atoms with Crippen molar-refractivity contribution in [3.05, 3.63) is 59.6 Å². The minimum Gasteiger partial charge on any atom is -0.478 e. The molecule has 7 heteroatoms. The molecule has 0 radical (unpaired) electrons. The summed E-state index contributed by atoms with van der Waals surface area (Å²) >= 11 is 5.94. The average Bonchev–Trinajstić information content (AvgIpc) is 2.93. The number of benzene rings is 1. The highest BCUT2D eigenvalue weighted by atomic mass is 35.5. The molecule has 2 heterocycles. The number of hydrogen-bond acceptors (Lipinski definition) is 4. The van der Waals surface area contributed by atoms with E-state index in [9.17, 15) is 9.90 Å². The molecule has 1 aromatic carbocycles. The van der Waals surface area contributed by atoms with Gasteiger partial charge in [0.25, 0.3) is 0 Å².